The highest BCUT2D eigenvalue weighted by atomic mass is 19.3. The number of hydrogen-bond donors (Lipinski definition) is 2. The Morgan fingerprint density at radius 2 is 1.18 bits per heavy atom. The number of rotatable bonds is 13. The van der Waals surface area contributed by atoms with Gasteiger partial charge < -0.3 is 20.0 Å². The third kappa shape index (κ3) is 7.57. The van der Waals surface area contributed by atoms with Crippen molar-refractivity contribution in [3.05, 3.63) is 107 Å². The van der Waals surface area contributed by atoms with Crippen molar-refractivity contribution in [1.82, 2.24) is 9.80 Å². The number of aliphatic hydroxyl groups excluding tert-OH is 2. The maximum Gasteiger partial charge on any atom is 0.331 e. The quantitative estimate of drug-likeness (QED) is 0.264. The van der Waals surface area contributed by atoms with Gasteiger partial charge in [-0.25, -0.2) is 0 Å². The minimum Gasteiger partial charge on any atom is -0.395 e. The lowest BCUT2D eigenvalue weighted by Gasteiger charge is -2.39. The summed E-state index contributed by atoms with van der Waals surface area (Å²) < 4.78 is 31.8. The lowest BCUT2D eigenvalue weighted by Crippen LogP contribution is -2.47. The topological polar surface area (TPSA) is 98.2 Å². The Kier molecular flexibility index (Phi) is 11.2. The molecule has 0 aliphatic heterocycles. The molecule has 0 unspecified atom stereocenters. The minimum absolute atomic E-state index is 0.0901. The zero-order valence-corrected chi connectivity index (χ0v) is 26.0. The highest BCUT2D eigenvalue weighted by molar-refractivity contribution is 5.99. The van der Waals surface area contributed by atoms with Crippen molar-refractivity contribution in [2.75, 3.05) is 26.3 Å². The molecule has 0 aliphatic rings. The first-order valence-corrected chi connectivity index (χ1v) is 14.7. The van der Waals surface area contributed by atoms with Gasteiger partial charge in [0.2, 0.25) is 5.78 Å². The van der Waals surface area contributed by atoms with Crippen LogP contribution in [0.4, 0.5) is 8.78 Å². The Bertz CT molecular complexity index is 1450. The maximum absolute atomic E-state index is 15.9. The van der Waals surface area contributed by atoms with Crippen LogP contribution >= 0.6 is 0 Å². The van der Waals surface area contributed by atoms with Gasteiger partial charge in [-0.2, -0.15) is 8.78 Å². The van der Waals surface area contributed by atoms with E-state index in [1.165, 1.54) is 28.0 Å². The van der Waals surface area contributed by atoms with Gasteiger partial charge in [-0.05, 0) is 64.3 Å². The fraction of sp³-hybridized carbons (Fsp3) is 0.400. The molecule has 2 amide bonds. The summed E-state index contributed by atoms with van der Waals surface area (Å²) in [5.41, 5.74) is -1.16. The van der Waals surface area contributed by atoms with Crippen LogP contribution in [-0.4, -0.2) is 69.5 Å². The molecule has 44 heavy (non-hydrogen) atoms. The summed E-state index contributed by atoms with van der Waals surface area (Å²) in [4.78, 5) is 43.2. The van der Waals surface area contributed by atoms with E-state index in [0.717, 1.165) is 11.6 Å². The predicted molar refractivity (Wildman–Crippen MR) is 166 cm³/mol. The number of carbonyl (C=O) groups excluding carboxylic acids is 3. The third-order valence-corrected chi connectivity index (χ3v) is 7.82. The summed E-state index contributed by atoms with van der Waals surface area (Å²) in [6, 6.07) is 20.7. The third-order valence-electron chi connectivity index (χ3n) is 7.82. The number of β-amino-alcohol motifs (C(OH)–C–C–N with tert-alkyl or cyclic N) is 1. The van der Waals surface area contributed by atoms with Crippen LogP contribution in [0.5, 0.6) is 0 Å². The van der Waals surface area contributed by atoms with Crippen molar-refractivity contribution in [3.8, 4) is 0 Å². The molecule has 0 radical (unpaired) electrons. The largest absolute Gasteiger partial charge is 0.395 e. The number of hydrogen-bond acceptors (Lipinski definition) is 5. The number of carbonyl (C=O) groups is 3. The molecule has 0 spiro atoms. The molecule has 3 rings (SSSR count). The molecule has 0 saturated heterocycles. The molecule has 0 heterocycles. The van der Waals surface area contributed by atoms with E-state index in [-0.39, 0.29) is 49.8 Å². The van der Waals surface area contributed by atoms with E-state index >= 15 is 8.78 Å². The number of nitrogens with zero attached hydrogens (tertiary/aromatic N) is 2. The molecule has 0 bridgehead atoms. The first-order chi connectivity index (χ1) is 20.7. The Hall–Kier alpha value is -3.95. The van der Waals surface area contributed by atoms with Crippen molar-refractivity contribution in [3.63, 3.8) is 0 Å². The van der Waals surface area contributed by atoms with E-state index in [1.807, 2.05) is 39.0 Å². The summed E-state index contributed by atoms with van der Waals surface area (Å²) >= 11 is 0. The molecule has 236 valence electrons. The molecule has 7 nitrogen and oxygen atoms in total. The van der Waals surface area contributed by atoms with Crippen molar-refractivity contribution in [2.45, 2.75) is 64.5 Å². The number of aliphatic hydroxyl groups is 2. The van der Waals surface area contributed by atoms with Crippen LogP contribution in [0.25, 0.3) is 0 Å². The lowest BCUT2D eigenvalue weighted by molar-refractivity contribution is -0.144. The number of aryl methyl sites for hydroxylation is 1. The monoisotopic (exact) mass is 608 g/mol. The van der Waals surface area contributed by atoms with E-state index in [9.17, 15) is 24.6 Å². The summed E-state index contributed by atoms with van der Waals surface area (Å²) in [6.07, 6.45) is -0.702. The van der Waals surface area contributed by atoms with Gasteiger partial charge in [0.15, 0.2) is 0 Å². The summed E-state index contributed by atoms with van der Waals surface area (Å²) in [5, 5.41) is 19.3. The minimum atomic E-state index is -4.00. The molecule has 0 aliphatic carbocycles. The van der Waals surface area contributed by atoms with Crippen LogP contribution in [0.1, 0.15) is 78.4 Å². The molecule has 9 heteroatoms. The van der Waals surface area contributed by atoms with Crippen LogP contribution in [0.2, 0.25) is 0 Å². The van der Waals surface area contributed by atoms with Gasteiger partial charge in [-0.15, -0.1) is 0 Å². The first-order valence-electron chi connectivity index (χ1n) is 14.7. The maximum atomic E-state index is 15.9. The van der Waals surface area contributed by atoms with Gasteiger partial charge in [-0.1, -0.05) is 66.7 Å². The van der Waals surface area contributed by atoms with Gasteiger partial charge >= 0.3 is 5.92 Å². The average molecular weight is 609 g/mol. The van der Waals surface area contributed by atoms with E-state index in [1.54, 1.807) is 50.2 Å². The molecule has 3 aromatic rings. The number of ketones is 1. The second-order valence-electron chi connectivity index (χ2n) is 12.2. The van der Waals surface area contributed by atoms with Gasteiger partial charge in [0, 0.05) is 41.7 Å². The zero-order valence-electron chi connectivity index (χ0n) is 26.0. The Morgan fingerprint density at radius 1 is 0.682 bits per heavy atom. The van der Waals surface area contributed by atoms with Crippen LogP contribution in [0, 0.1) is 0 Å². The average Bonchev–Trinajstić information content (AvgIpc) is 3.00. The molecule has 0 fully saturated rings. The van der Waals surface area contributed by atoms with Crippen LogP contribution in [-0.2, 0) is 22.7 Å². The van der Waals surface area contributed by atoms with Crippen LogP contribution < -0.4 is 0 Å². The van der Waals surface area contributed by atoms with Crippen molar-refractivity contribution in [1.29, 1.82) is 0 Å². The fourth-order valence-electron chi connectivity index (χ4n) is 5.31. The molecular formula is C35H42F2N2O5. The van der Waals surface area contributed by atoms with Crippen molar-refractivity contribution < 1.29 is 33.4 Å². The second-order valence-corrected chi connectivity index (χ2v) is 12.2. The number of halogens is 2. The molecule has 0 saturated carbocycles. The van der Waals surface area contributed by atoms with Crippen molar-refractivity contribution >= 4 is 17.6 Å². The number of benzene rings is 3. The van der Waals surface area contributed by atoms with Crippen LogP contribution in [0.3, 0.4) is 0 Å². The zero-order chi connectivity index (χ0) is 32.7. The predicted octanol–water partition coefficient (Wildman–Crippen LogP) is 5.58. The lowest BCUT2D eigenvalue weighted by atomic mass is 9.89. The highest BCUT2D eigenvalue weighted by Crippen LogP contribution is 2.36. The van der Waals surface area contributed by atoms with E-state index in [0.29, 0.717) is 5.56 Å². The van der Waals surface area contributed by atoms with Gasteiger partial charge in [0.25, 0.3) is 11.8 Å². The summed E-state index contributed by atoms with van der Waals surface area (Å²) in [7, 11) is 0. The van der Waals surface area contributed by atoms with Gasteiger partial charge in [0.05, 0.1) is 18.8 Å². The van der Waals surface area contributed by atoms with Gasteiger partial charge in [-0.3, -0.25) is 14.4 Å². The fourth-order valence-corrected chi connectivity index (χ4v) is 5.31. The number of amides is 2. The van der Waals surface area contributed by atoms with Gasteiger partial charge in [0.1, 0.15) is 0 Å². The molecular weight excluding hydrogens is 566 g/mol. The smallest absolute Gasteiger partial charge is 0.331 e. The van der Waals surface area contributed by atoms with E-state index in [2.05, 4.69) is 0 Å². The molecule has 2 N–H and O–H groups in total. The van der Waals surface area contributed by atoms with Crippen LogP contribution in [0.15, 0.2) is 78.9 Å². The SMILES string of the molecule is CC(C)(C)N(CCO)C(=O)c1ccccc1CCC(=O)C(F)(F)c1ccccc1C(=O)N(CCO)C(C)(C)c1ccccc1. The normalized spacial score (nSPS) is 12.1. The van der Waals surface area contributed by atoms with E-state index in [4.69, 9.17) is 0 Å². The second kappa shape index (κ2) is 14.2. The van der Waals surface area contributed by atoms with E-state index < -0.39 is 40.7 Å². The molecule has 0 atom stereocenters. The Labute approximate surface area is 258 Å². The Morgan fingerprint density at radius 3 is 1.77 bits per heavy atom. The van der Waals surface area contributed by atoms with Crippen molar-refractivity contribution in [2.24, 2.45) is 0 Å². The Balaban J connectivity index is 1.91. The summed E-state index contributed by atoms with van der Waals surface area (Å²) in [6.45, 7) is 8.37. The number of Topliss-reactive ketones (excluding diaryl/α,β-unsaturated/α-hetero) is 1. The summed E-state index contributed by atoms with van der Waals surface area (Å²) in [5.74, 6) is -6.50. The number of alkyl halides is 2. The molecule has 0 aromatic heterocycles. The standard InChI is InChI=1S/C35H42F2N2O5/c1-33(2,3)38(21-23-40)31(43)27-16-10-9-13-25(27)19-20-30(42)35(36,37)29-18-12-11-17-28(29)32(44)39(22-24-41)34(4,5)26-14-7-6-8-15-26/h6-18,40-41H,19-24H2,1-5H3. The first kappa shape index (κ1) is 34.5. The highest BCUT2D eigenvalue weighted by Gasteiger charge is 2.44. The molecule has 3 aromatic carbocycles.